The zero-order valence-electron chi connectivity index (χ0n) is 15.1. The van der Waals surface area contributed by atoms with Crippen molar-refractivity contribution in [3.8, 4) is 28.3 Å². The number of ether oxygens (including phenoxy) is 2. The average molecular weight is 383 g/mol. The Bertz CT molecular complexity index is 884. The first-order valence-electron chi connectivity index (χ1n) is 8.66. The topological polar surface area (TPSA) is 80.3 Å². The van der Waals surface area contributed by atoms with Crippen LogP contribution in [0.25, 0.3) is 10.8 Å². The molecule has 0 fully saturated rings. The van der Waals surface area contributed by atoms with Gasteiger partial charge in [-0.2, -0.15) is 5.26 Å². The van der Waals surface area contributed by atoms with Crippen molar-refractivity contribution in [1.29, 1.82) is 5.26 Å². The summed E-state index contributed by atoms with van der Waals surface area (Å²) in [5, 5.41) is 14.0. The summed E-state index contributed by atoms with van der Waals surface area (Å²) in [5.41, 5.74) is 1.94. The number of nitrogens with one attached hydrogen (secondary N) is 1. The lowest BCUT2D eigenvalue weighted by atomic mass is 10.2. The summed E-state index contributed by atoms with van der Waals surface area (Å²) in [6.07, 6.45) is 2.86. The van der Waals surface area contributed by atoms with Crippen LogP contribution in [0.2, 0.25) is 0 Å². The number of thiophene rings is 1. The summed E-state index contributed by atoms with van der Waals surface area (Å²) in [6.45, 7) is 1.77. The van der Waals surface area contributed by atoms with E-state index in [1.165, 1.54) is 0 Å². The fourth-order valence-corrected chi connectivity index (χ4v) is 3.17. The second-order valence-corrected chi connectivity index (χ2v) is 6.77. The van der Waals surface area contributed by atoms with E-state index in [0.29, 0.717) is 49.9 Å². The second kappa shape index (κ2) is 9.76. The van der Waals surface area contributed by atoms with E-state index in [1.54, 1.807) is 24.7 Å². The van der Waals surface area contributed by atoms with Gasteiger partial charge >= 0.3 is 0 Å². The number of rotatable bonds is 10. The van der Waals surface area contributed by atoms with Crippen LogP contribution in [-0.2, 0) is 13.1 Å². The Kier molecular flexibility index (Phi) is 6.85. The minimum Gasteiger partial charge on any atom is -0.493 e. The molecule has 140 valence electrons. The molecule has 0 atom stereocenters. The van der Waals surface area contributed by atoms with E-state index in [4.69, 9.17) is 19.2 Å². The van der Waals surface area contributed by atoms with Gasteiger partial charge in [-0.3, -0.25) is 0 Å². The van der Waals surface area contributed by atoms with Crippen LogP contribution in [0.5, 0.6) is 11.5 Å². The lowest BCUT2D eigenvalue weighted by molar-refractivity contribution is 0.290. The van der Waals surface area contributed by atoms with Crippen molar-refractivity contribution in [3.05, 3.63) is 53.2 Å². The highest BCUT2D eigenvalue weighted by atomic mass is 32.1. The van der Waals surface area contributed by atoms with Crippen LogP contribution < -0.4 is 14.8 Å². The largest absolute Gasteiger partial charge is 0.493 e. The molecule has 0 aliphatic carbocycles. The van der Waals surface area contributed by atoms with Crippen molar-refractivity contribution in [1.82, 2.24) is 10.3 Å². The van der Waals surface area contributed by atoms with Crippen LogP contribution in [0.1, 0.15) is 24.1 Å². The summed E-state index contributed by atoms with van der Waals surface area (Å²) in [7, 11) is 1.62. The molecule has 6 nitrogen and oxygen atoms in total. The van der Waals surface area contributed by atoms with Gasteiger partial charge in [-0.05, 0) is 35.6 Å². The number of methoxy groups -OCH3 is 1. The first-order chi connectivity index (χ1) is 13.3. The van der Waals surface area contributed by atoms with E-state index in [1.807, 2.05) is 35.7 Å². The number of oxazole rings is 1. The fraction of sp³-hybridized carbons (Fsp3) is 0.300. The molecule has 0 aliphatic rings. The standard InChI is InChI=1S/C20H21N3O3S/c1-24-17-7-6-15(11-18(17)25-9-3-2-8-21)12-22-13-16-14-26-20(23-16)19-5-4-10-27-19/h4-7,10-11,14,22H,2-3,9,12-13H2,1H3. The van der Waals surface area contributed by atoms with Crippen LogP contribution in [0.15, 0.2) is 46.4 Å². The van der Waals surface area contributed by atoms with Crippen molar-refractivity contribution in [3.63, 3.8) is 0 Å². The molecule has 0 spiro atoms. The molecular weight excluding hydrogens is 362 g/mol. The van der Waals surface area contributed by atoms with Crippen molar-refractivity contribution >= 4 is 11.3 Å². The monoisotopic (exact) mass is 383 g/mol. The Labute approximate surface area is 162 Å². The van der Waals surface area contributed by atoms with Gasteiger partial charge in [0.05, 0.1) is 30.4 Å². The maximum atomic E-state index is 8.60. The number of hydrogen-bond acceptors (Lipinski definition) is 7. The minimum absolute atomic E-state index is 0.481. The highest BCUT2D eigenvalue weighted by Crippen LogP contribution is 2.28. The molecule has 0 unspecified atom stereocenters. The third-order valence-corrected chi connectivity index (χ3v) is 4.70. The molecule has 0 saturated heterocycles. The molecule has 0 bridgehead atoms. The molecule has 3 rings (SSSR count). The molecule has 2 aromatic heterocycles. The van der Waals surface area contributed by atoms with Gasteiger partial charge in [0.1, 0.15) is 6.26 Å². The normalized spacial score (nSPS) is 10.5. The van der Waals surface area contributed by atoms with Crippen LogP contribution in [0, 0.1) is 11.3 Å². The predicted octanol–water partition coefficient (Wildman–Crippen LogP) is 4.38. The Morgan fingerprint density at radius 3 is 2.96 bits per heavy atom. The molecule has 0 amide bonds. The maximum absolute atomic E-state index is 8.60. The lowest BCUT2D eigenvalue weighted by Gasteiger charge is -2.12. The molecule has 1 N–H and O–H groups in total. The summed E-state index contributed by atoms with van der Waals surface area (Å²) in [6, 6.07) is 11.9. The molecule has 2 heterocycles. The molecule has 0 radical (unpaired) electrons. The van der Waals surface area contributed by atoms with E-state index >= 15 is 0 Å². The third-order valence-electron chi connectivity index (χ3n) is 3.84. The summed E-state index contributed by atoms with van der Waals surface area (Å²) >= 11 is 1.60. The minimum atomic E-state index is 0.481. The summed E-state index contributed by atoms with van der Waals surface area (Å²) in [4.78, 5) is 5.52. The van der Waals surface area contributed by atoms with Crippen LogP contribution in [0.3, 0.4) is 0 Å². The highest BCUT2D eigenvalue weighted by Gasteiger charge is 2.08. The van der Waals surface area contributed by atoms with E-state index in [2.05, 4.69) is 16.4 Å². The number of hydrogen-bond donors (Lipinski definition) is 1. The predicted molar refractivity (Wildman–Crippen MR) is 104 cm³/mol. The number of unbranched alkanes of at least 4 members (excludes halogenated alkanes) is 1. The van der Waals surface area contributed by atoms with E-state index in [9.17, 15) is 0 Å². The van der Waals surface area contributed by atoms with Gasteiger partial charge in [-0.1, -0.05) is 12.1 Å². The zero-order chi connectivity index (χ0) is 18.9. The van der Waals surface area contributed by atoms with E-state index in [0.717, 1.165) is 16.1 Å². The van der Waals surface area contributed by atoms with Gasteiger partial charge in [-0.15, -0.1) is 11.3 Å². The van der Waals surface area contributed by atoms with Gasteiger partial charge in [0, 0.05) is 19.5 Å². The summed E-state index contributed by atoms with van der Waals surface area (Å²) < 4.78 is 16.6. The zero-order valence-corrected chi connectivity index (χ0v) is 15.9. The molecule has 3 aromatic rings. The maximum Gasteiger partial charge on any atom is 0.236 e. The van der Waals surface area contributed by atoms with Gasteiger partial charge < -0.3 is 19.2 Å². The Hall–Kier alpha value is -2.82. The number of benzene rings is 1. The lowest BCUT2D eigenvalue weighted by Crippen LogP contribution is -2.13. The van der Waals surface area contributed by atoms with Crippen LogP contribution in [0.4, 0.5) is 0 Å². The highest BCUT2D eigenvalue weighted by molar-refractivity contribution is 7.13. The average Bonchev–Trinajstić information content (AvgIpc) is 3.37. The van der Waals surface area contributed by atoms with Crippen molar-refractivity contribution in [2.24, 2.45) is 0 Å². The first kappa shape index (κ1) is 19.0. The Morgan fingerprint density at radius 1 is 1.26 bits per heavy atom. The first-order valence-corrected chi connectivity index (χ1v) is 9.54. The van der Waals surface area contributed by atoms with Crippen molar-refractivity contribution in [2.75, 3.05) is 13.7 Å². The molecule has 1 aromatic carbocycles. The van der Waals surface area contributed by atoms with Crippen molar-refractivity contribution in [2.45, 2.75) is 25.9 Å². The molecular formula is C20H21N3O3S. The Balaban J connectivity index is 1.53. The van der Waals surface area contributed by atoms with E-state index in [-0.39, 0.29) is 0 Å². The molecule has 27 heavy (non-hydrogen) atoms. The quantitative estimate of drug-likeness (QED) is 0.523. The third kappa shape index (κ3) is 5.33. The number of aromatic nitrogens is 1. The summed E-state index contributed by atoms with van der Waals surface area (Å²) in [5.74, 6) is 2.03. The fourth-order valence-electron chi connectivity index (χ4n) is 2.51. The number of nitrogens with zero attached hydrogens (tertiary/aromatic N) is 2. The van der Waals surface area contributed by atoms with Crippen molar-refractivity contribution < 1.29 is 13.9 Å². The second-order valence-electron chi connectivity index (χ2n) is 5.82. The van der Waals surface area contributed by atoms with Crippen LogP contribution in [-0.4, -0.2) is 18.7 Å². The van der Waals surface area contributed by atoms with Crippen LogP contribution >= 0.6 is 11.3 Å². The Morgan fingerprint density at radius 2 is 2.19 bits per heavy atom. The molecule has 0 aliphatic heterocycles. The van der Waals surface area contributed by atoms with Gasteiger partial charge in [0.15, 0.2) is 11.5 Å². The van der Waals surface area contributed by atoms with Gasteiger partial charge in [0.2, 0.25) is 5.89 Å². The molecule has 7 heteroatoms. The number of nitriles is 1. The SMILES string of the molecule is COc1ccc(CNCc2coc(-c3cccs3)n2)cc1OCCCC#N. The van der Waals surface area contributed by atoms with Gasteiger partial charge in [0.25, 0.3) is 0 Å². The van der Waals surface area contributed by atoms with E-state index < -0.39 is 0 Å². The van der Waals surface area contributed by atoms with Gasteiger partial charge in [-0.25, -0.2) is 4.98 Å². The smallest absolute Gasteiger partial charge is 0.236 e. The molecule has 0 saturated carbocycles.